The minimum Gasteiger partial charge on any atom is -0.489 e. The average molecular weight is 433 g/mol. The third kappa shape index (κ3) is 4.02. The van der Waals surface area contributed by atoms with Crippen LogP contribution in [0.1, 0.15) is 34.3 Å². The van der Waals surface area contributed by atoms with Gasteiger partial charge in [-0.3, -0.25) is 4.79 Å². The fourth-order valence-corrected chi connectivity index (χ4v) is 5.02. The lowest BCUT2D eigenvalue weighted by atomic mass is 9.92. The van der Waals surface area contributed by atoms with E-state index in [-0.39, 0.29) is 11.5 Å². The predicted octanol–water partition coefficient (Wildman–Crippen LogP) is 3.85. The largest absolute Gasteiger partial charge is 0.489 e. The zero-order valence-electron chi connectivity index (χ0n) is 18.5. The molecule has 2 aliphatic rings. The molecule has 0 bridgehead atoms. The number of carbonyl (C=O) groups is 1. The van der Waals surface area contributed by atoms with Crippen LogP contribution < -0.4 is 10.4 Å². The summed E-state index contributed by atoms with van der Waals surface area (Å²) >= 11 is 0. The maximum atomic E-state index is 13.1. The summed E-state index contributed by atoms with van der Waals surface area (Å²) in [6.45, 7) is 5.20. The third-order valence-corrected chi connectivity index (χ3v) is 6.86. The van der Waals surface area contributed by atoms with E-state index in [2.05, 4.69) is 16.8 Å². The Hall–Kier alpha value is -3.12. The maximum Gasteiger partial charge on any atom is 0.336 e. The van der Waals surface area contributed by atoms with Crippen molar-refractivity contribution in [1.29, 1.82) is 0 Å². The molecule has 2 saturated heterocycles. The minimum atomic E-state index is -0.364. The van der Waals surface area contributed by atoms with E-state index >= 15 is 0 Å². The van der Waals surface area contributed by atoms with Crippen LogP contribution in [0, 0.1) is 12.8 Å². The number of fused-ring (bicyclic) bond motifs is 2. The number of nitrogens with zero attached hydrogens (tertiary/aromatic N) is 2. The maximum absolute atomic E-state index is 13.1. The monoisotopic (exact) mass is 432 g/mol. The Morgan fingerprint density at radius 2 is 1.88 bits per heavy atom. The van der Waals surface area contributed by atoms with Crippen LogP contribution in [0.25, 0.3) is 11.0 Å². The number of rotatable bonds is 4. The van der Waals surface area contributed by atoms with E-state index in [1.165, 1.54) is 12.5 Å². The van der Waals surface area contributed by atoms with Gasteiger partial charge in [-0.2, -0.15) is 0 Å². The summed E-state index contributed by atoms with van der Waals surface area (Å²) in [5.74, 6) is 1.40. The van der Waals surface area contributed by atoms with Gasteiger partial charge in [0.15, 0.2) is 0 Å². The van der Waals surface area contributed by atoms with Crippen LogP contribution in [-0.4, -0.2) is 48.4 Å². The molecule has 0 unspecified atom stereocenters. The van der Waals surface area contributed by atoms with Gasteiger partial charge in [-0.05, 0) is 74.7 Å². The lowest BCUT2D eigenvalue weighted by Crippen LogP contribution is -2.48. The Labute approximate surface area is 187 Å². The third-order valence-electron chi connectivity index (χ3n) is 6.86. The van der Waals surface area contributed by atoms with Gasteiger partial charge in [0.1, 0.15) is 17.9 Å². The molecule has 0 aliphatic carbocycles. The van der Waals surface area contributed by atoms with Crippen molar-refractivity contribution >= 4 is 16.9 Å². The first-order valence-corrected chi connectivity index (χ1v) is 11.2. The average Bonchev–Trinajstić information content (AvgIpc) is 3.20. The summed E-state index contributed by atoms with van der Waals surface area (Å²) in [5.41, 5.74) is 2.74. The fraction of sp³-hybridized carbons (Fsp3) is 0.385. The molecule has 1 amide bonds. The van der Waals surface area contributed by atoms with Gasteiger partial charge in [0, 0.05) is 42.2 Å². The summed E-state index contributed by atoms with van der Waals surface area (Å²) in [6, 6.07) is 15.0. The van der Waals surface area contributed by atoms with Crippen LogP contribution >= 0.6 is 0 Å². The lowest BCUT2D eigenvalue weighted by molar-refractivity contribution is 0.0631. The number of carbonyl (C=O) groups excluding carboxylic acids is 1. The Kier molecular flexibility index (Phi) is 5.47. The fourth-order valence-electron chi connectivity index (χ4n) is 5.02. The van der Waals surface area contributed by atoms with Gasteiger partial charge in [0.25, 0.3) is 5.91 Å². The Morgan fingerprint density at radius 3 is 2.69 bits per heavy atom. The second kappa shape index (κ2) is 8.43. The second-order valence-electron chi connectivity index (χ2n) is 9.06. The van der Waals surface area contributed by atoms with Gasteiger partial charge in [0.2, 0.25) is 0 Å². The molecule has 2 aliphatic heterocycles. The van der Waals surface area contributed by atoms with Gasteiger partial charge in [-0.1, -0.05) is 12.1 Å². The Bertz CT molecular complexity index is 1200. The summed E-state index contributed by atoms with van der Waals surface area (Å²) < 4.78 is 11.2. The van der Waals surface area contributed by atoms with Crippen LogP contribution in [0.3, 0.4) is 0 Å². The van der Waals surface area contributed by atoms with Crippen LogP contribution in [0.4, 0.5) is 0 Å². The van der Waals surface area contributed by atoms with Crippen molar-refractivity contribution in [1.82, 2.24) is 9.80 Å². The minimum absolute atomic E-state index is 0.125. The molecule has 2 atom stereocenters. The van der Waals surface area contributed by atoms with Crippen molar-refractivity contribution in [3.05, 3.63) is 75.6 Å². The standard InChI is InChI=1S/C26H28N2O4/c1-17-13-25(29)32-24-14-21(7-8-22(17)24)31-16-18-3-5-20(6-4-18)26(30)28-12-10-19-9-11-27(2)15-23(19)28/h3-8,13-14,19,23H,9-12,15-16H2,1-2H3/t19-,23-/m0/s1. The molecule has 2 fully saturated rings. The molecule has 0 spiro atoms. The molecule has 166 valence electrons. The van der Waals surface area contributed by atoms with Gasteiger partial charge in [-0.15, -0.1) is 0 Å². The van der Waals surface area contributed by atoms with Crippen molar-refractivity contribution in [3.8, 4) is 5.75 Å². The van der Waals surface area contributed by atoms with Crippen molar-refractivity contribution in [2.75, 3.05) is 26.7 Å². The van der Waals surface area contributed by atoms with E-state index in [0.29, 0.717) is 29.9 Å². The van der Waals surface area contributed by atoms with E-state index in [4.69, 9.17) is 9.15 Å². The van der Waals surface area contributed by atoms with Crippen molar-refractivity contribution in [2.24, 2.45) is 5.92 Å². The summed E-state index contributed by atoms with van der Waals surface area (Å²) in [7, 11) is 2.14. The van der Waals surface area contributed by atoms with Crippen LogP contribution in [-0.2, 0) is 6.61 Å². The van der Waals surface area contributed by atoms with Crippen molar-refractivity contribution in [3.63, 3.8) is 0 Å². The molecule has 32 heavy (non-hydrogen) atoms. The highest BCUT2D eigenvalue weighted by atomic mass is 16.5. The normalized spacial score (nSPS) is 21.0. The van der Waals surface area contributed by atoms with Crippen LogP contribution in [0.2, 0.25) is 0 Å². The van der Waals surface area contributed by atoms with Crippen molar-refractivity contribution in [2.45, 2.75) is 32.4 Å². The lowest BCUT2D eigenvalue weighted by Gasteiger charge is -2.36. The SMILES string of the molecule is Cc1cc(=O)oc2cc(OCc3ccc(C(=O)N4CC[C@@H]5CCN(C)C[C@@H]54)cc3)ccc12. The van der Waals surface area contributed by atoms with Crippen molar-refractivity contribution < 1.29 is 13.9 Å². The number of ether oxygens (including phenoxy) is 1. The highest BCUT2D eigenvalue weighted by molar-refractivity contribution is 5.94. The molecule has 0 radical (unpaired) electrons. The first-order chi connectivity index (χ1) is 15.5. The van der Waals surface area contributed by atoms with E-state index in [1.807, 2.05) is 43.3 Å². The zero-order valence-corrected chi connectivity index (χ0v) is 18.5. The summed E-state index contributed by atoms with van der Waals surface area (Å²) in [4.78, 5) is 29.1. The van der Waals surface area contributed by atoms with E-state index in [1.54, 1.807) is 6.07 Å². The summed E-state index contributed by atoms with van der Waals surface area (Å²) in [6.07, 6.45) is 2.29. The van der Waals surface area contributed by atoms with Gasteiger partial charge in [-0.25, -0.2) is 4.79 Å². The molecule has 3 heterocycles. The quantitative estimate of drug-likeness (QED) is 0.586. The second-order valence-corrected chi connectivity index (χ2v) is 9.06. The Balaban J connectivity index is 1.25. The molecule has 5 rings (SSSR count). The summed E-state index contributed by atoms with van der Waals surface area (Å²) in [5, 5.41) is 0.896. The number of benzene rings is 2. The molecular formula is C26H28N2O4. The molecule has 6 heteroatoms. The number of hydrogen-bond donors (Lipinski definition) is 0. The van der Waals surface area contributed by atoms with Gasteiger partial charge < -0.3 is 19.0 Å². The predicted molar refractivity (Wildman–Crippen MR) is 123 cm³/mol. The topological polar surface area (TPSA) is 63.0 Å². The molecule has 1 aromatic heterocycles. The molecule has 3 aromatic rings. The molecule has 0 N–H and O–H groups in total. The highest BCUT2D eigenvalue weighted by Gasteiger charge is 2.39. The zero-order chi connectivity index (χ0) is 22.2. The number of likely N-dealkylation sites (N-methyl/N-ethyl adjacent to an activating group) is 1. The molecule has 2 aromatic carbocycles. The molecule has 6 nitrogen and oxygen atoms in total. The molecular weight excluding hydrogens is 404 g/mol. The number of piperidine rings is 1. The van der Waals surface area contributed by atoms with Crippen LogP contribution in [0.15, 0.2) is 57.7 Å². The number of amides is 1. The number of hydrogen-bond acceptors (Lipinski definition) is 5. The van der Waals surface area contributed by atoms with E-state index in [9.17, 15) is 9.59 Å². The van der Waals surface area contributed by atoms with Gasteiger partial charge >= 0.3 is 5.63 Å². The number of likely N-dealkylation sites (tertiary alicyclic amines) is 2. The van der Waals surface area contributed by atoms with E-state index < -0.39 is 0 Å². The smallest absolute Gasteiger partial charge is 0.336 e. The highest BCUT2D eigenvalue weighted by Crippen LogP contribution is 2.32. The van der Waals surface area contributed by atoms with Crippen LogP contribution in [0.5, 0.6) is 5.75 Å². The number of aryl methyl sites for hydroxylation is 1. The Morgan fingerprint density at radius 1 is 1.09 bits per heavy atom. The first kappa shape index (κ1) is 20.8. The molecule has 0 saturated carbocycles. The van der Waals surface area contributed by atoms with Gasteiger partial charge in [0.05, 0.1) is 0 Å². The first-order valence-electron chi connectivity index (χ1n) is 11.2. The van der Waals surface area contributed by atoms with E-state index in [0.717, 1.165) is 48.1 Å².